The first-order valence-corrected chi connectivity index (χ1v) is 5.63. The zero-order chi connectivity index (χ0) is 11.1. The summed E-state index contributed by atoms with van der Waals surface area (Å²) in [5, 5.41) is 8.10. The Hall–Kier alpha value is -0.900. The molecular formula is C11H20N4. The summed E-state index contributed by atoms with van der Waals surface area (Å²) in [5.74, 6) is 1.74. The quantitative estimate of drug-likeness (QED) is 0.739. The van der Waals surface area contributed by atoms with Gasteiger partial charge in [0.25, 0.3) is 0 Å². The highest BCUT2D eigenvalue weighted by Crippen LogP contribution is 2.27. The molecule has 0 radical (unpaired) electrons. The van der Waals surface area contributed by atoms with Crippen LogP contribution in [0.15, 0.2) is 6.33 Å². The van der Waals surface area contributed by atoms with Crippen molar-refractivity contribution in [2.75, 3.05) is 6.54 Å². The normalized spacial score (nSPS) is 18.2. The summed E-state index contributed by atoms with van der Waals surface area (Å²) in [6.07, 6.45) is 1.83. The lowest BCUT2D eigenvalue weighted by atomic mass is 9.88. The van der Waals surface area contributed by atoms with Gasteiger partial charge >= 0.3 is 0 Å². The van der Waals surface area contributed by atoms with Crippen molar-refractivity contribution >= 4 is 0 Å². The molecular weight excluding hydrogens is 188 g/mol. The van der Waals surface area contributed by atoms with Crippen molar-refractivity contribution in [3.8, 4) is 0 Å². The van der Waals surface area contributed by atoms with Crippen molar-refractivity contribution < 1.29 is 0 Å². The van der Waals surface area contributed by atoms with Gasteiger partial charge in [-0.2, -0.15) is 0 Å². The van der Waals surface area contributed by atoms with Crippen LogP contribution < -0.4 is 0 Å². The fourth-order valence-electron chi connectivity index (χ4n) is 1.92. The van der Waals surface area contributed by atoms with E-state index < -0.39 is 0 Å². The molecule has 1 aliphatic heterocycles. The first-order chi connectivity index (χ1) is 7.01. The van der Waals surface area contributed by atoms with Crippen molar-refractivity contribution in [1.29, 1.82) is 0 Å². The highest BCUT2D eigenvalue weighted by atomic mass is 15.3. The Morgan fingerprint density at radius 2 is 2.07 bits per heavy atom. The first kappa shape index (κ1) is 10.6. The zero-order valence-electron chi connectivity index (χ0n) is 10.1. The third-order valence-electron chi connectivity index (χ3n) is 3.87. The average molecular weight is 208 g/mol. The van der Waals surface area contributed by atoms with Crippen LogP contribution in [0.3, 0.4) is 0 Å². The number of fused-ring (bicyclic) bond motifs is 1. The highest BCUT2D eigenvalue weighted by Gasteiger charge is 2.32. The molecule has 1 aliphatic rings. The third kappa shape index (κ3) is 1.78. The van der Waals surface area contributed by atoms with Gasteiger partial charge in [-0.25, -0.2) is 0 Å². The molecule has 0 fully saturated rings. The van der Waals surface area contributed by atoms with E-state index in [1.165, 1.54) is 0 Å². The van der Waals surface area contributed by atoms with E-state index in [2.05, 4.69) is 47.4 Å². The van der Waals surface area contributed by atoms with Crippen LogP contribution in [0.25, 0.3) is 0 Å². The monoisotopic (exact) mass is 208 g/mol. The van der Waals surface area contributed by atoms with Crippen molar-refractivity contribution in [1.82, 2.24) is 19.7 Å². The molecule has 0 unspecified atom stereocenters. The Kier molecular flexibility index (Phi) is 2.54. The fraction of sp³-hybridized carbons (Fsp3) is 0.818. The smallest absolute Gasteiger partial charge is 0.147 e. The summed E-state index contributed by atoms with van der Waals surface area (Å²) < 4.78 is 2.15. The minimum atomic E-state index is 0.233. The van der Waals surface area contributed by atoms with Crippen LogP contribution in [0.5, 0.6) is 0 Å². The van der Waals surface area contributed by atoms with Crippen LogP contribution in [0.2, 0.25) is 0 Å². The average Bonchev–Trinajstić information content (AvgIpc) is 2.63. The number of hydrogen-bond acceptors (Lipinski definition) is 3. The molecule has 0 saturated carbocycles. The van der Waals surface area contributed by atoms with Gasteiger partial charge in [0.2, 0.25) is 0 Å². The van der Waals surface area contributed by atoms with Gasteiger partial charge in [0.05, 0.1) is 6.54 Å². The molecule has 15 heavy (non-hydrogen) atoms. The molecule has 0 amide bonds. The molecule has 0 atom stereocenters. The van der Waals surface area contributed by atoms with E-state index in [1.54, 1.807) is 0 Å². The molecule has 0 spiro atoms. The van der Waals surface area contributed by atoms with Gasteiger partial charge < -0.3 is 4.57 Å². The second-order valence-corrected chi connectivity index (χ2v) is 5.17. The molecule has 84 valence electrons. The van der Waals surface area contributed by atoms with Crippen LogP contribution in [0.1, 0.15) is 33.5 Å². The predicted molar refractivity (Wildman–Crippen MR) is 59.3 cm³/mol. The van der Waals surface area contributed by atoms with E-state index in [9.17, 15) is 0 Å². The van der Waals surface area contributed by atoms with Gasteiger partial charge in [-0.05, 0) is 19.8 Å². The second-order valence-electron chi connectivity index (χ2n) is 5.17. The van der Waals surface area contributed by atoms with Gasteiger partial charge in [-0.1, -0.05) is 13.8 Å². The Bertz CT molecular complexity index is 340. The molecule has 4 heteroatoms. The minimum absolute atomic E-state index is 0.233. The fourth-order valence-corrected chi connectivity index (χ4v) is 1.92. The van der Waals surface area contributed by atoms with Crippen LogP contribution in [-0.2, 0) is 13.1 Å². The van der Waals surface area contributed by atoms with Crippen molar-refractivity contribution in [3.05, 3.63) is 12.2 Å². The van der Waals surface area contributed by atoms with E-state index >= 15 is 0 Å². The molecule has 1 aromatic heterocycles. The standard InChI is InChI=1S/C11H20N4/c1-9(2)11(3,4)15-6-5-14-8-12-13-10(14)7-15/h8-9H,5-7H2,1-4H3. The van der Waals surface area contributed by atoms with E-state index in [4.69, 9.17) is 0 Å². The maximum absolute atomic E-state index is 4.15. The number of hydrogen-bond donors (Lipinski definition) is 0. The highest BCUT2D eigenvalue weighted by molar-refractivity contribution is 4.95. The minimum Gasteiger partial charge on any atom is -0.315 e. The van der Waals surface area contributed by atoms with Gasteiger partial charge in [0, 0.05) is 18.6 Å². The molecule has 2 rings (SSSR count). The van der Waals surface area contributed by atoms with Crippen molar-refractivity contribution in [2.24, 2.45) is 5.92 Å². The molecule has 0 aliphatic carbocycles. The van der Waals surface area contributed by atoms with E-state index in [0.29, 0.717) is 5.92 Å². The topological polar surface area (TPSA) is 34.0 Å². The molecule has 0 saturated heterocycles. The van der Waals surface area contributed by atoms with Crippen molar-refractivity contribution in [2.45, 2.75) is 46.3 Å². The Morgan fingerprint density at radius 3 is 2.73 bits per heavy atom. The Labute approximate surface area is 91.3 Å². The zero-order valence-corrected chi connectivity index (χ0v) is 10.1. The molecule has 0 aromatic carbocycles. The number of aromatic nitrogens is 3. The maximum Gasteiger partial charge on any atom is 0.147 e. The molecule has 4 nitrogen and oxygen atoms in total. The SMILES string of the molecule is CC(C)C(C)(C)N1CCn2cnnc2C1. The summed E-state index contributed by atoms with van der Waals surface area (Å²) in [4.78, 5) is 2.50. The van der Waals surface area contributed by atoms with Crippen LogP contribution in [-0.4, -0.2) is 31.7 Å². The van der Waals surface area contributed by atoms with E-state index in [-0.39, 0.29) is 5.54 Å². The second kappa shape index (κ2) is 3.59. The number of rotatable bonds is 2. The van der Waals surface area contributed by atoms with E-state index in [1.807, 2.05) is 6.33 Å². The van der Waals surface area contributed by atoms with Crippen LogP contribution in [0.4, 0.5) is 0 Å². The summed E-state index contributed by atoms with van der Waals surface area (Å²) in [6, 6.07) is 0. The van der Waals surface area contributed by atoms with Crippen molar-refractivity contribution in [3.63, 3.8) is 0 Å². The van der Waals surface area contributed by atoms with Gasteiger partial charge in [-0.3, -0.25) is 4.90 Å². The largest absolute Gasteiger partial charge is 0.315 e. The lowest BCUT2D eigenvalue weighted by Crippen LogP contribution is -2.50. The first-order valence-electron chi connectivity index (χ1n) is 5.63. The van der Waals surface area contributed by atoms with Crippen LogP contribution in [0, 0.1) is 5.92 Å². The van der Waals surface area contributed by atoms with Gasteiger partial charge in [-0.15, -0.1) is 10.2 Å². The summed E-state index contributed by atoms with van der Waals surface area (Å²) in [5.41, 5.74) is 0.233. The van der Waals surface area contributed by atoms with E-state index in [0.717, 1.165) is 25.5 Å². The summed E-state index contributed by atoms with van der Waals surface area (Å²) in [7, 11) is 0. The molecule has 1 aromatic rings. The van der Waals surface area contributed by atoms with Gasteiger partial charge in [0.1, 0.15) is 12.2 Å². The number of nitrogens with zero attached hydrogens (tertiary/aromatic N) is 4. The van der Waals surface area contributed by atoms with Gasteiger partial charge in [0.15, 0.2) is 0 Å². The Morgan fingerprint density at radius 1 is 1.33 bits per heavy atom. The predicted octanol–water partition coefficient (Wildman–Crippen LogP) is 1.53. The third-order valence-corrected chi connectivity index (χ3v) is 3.87. The van der Waals surface area contributed by atoms with Crippen LogP contribution >= 0.6 is 0 Å². The molecule has 0 bridgehead atoms. The maximum atomic E-state index is 4.15. The summed E-state index contributed by atoms with van der Waals surface area (Å²) in [6.45, 7) is 12.2. The molecule has 0 N–H and O–H groups in total. The lowest BCUT2D eigenvalue weighted by Gasteiger charge is -2.43. The molecule has 2 heterocycles. The summed E-state index contributed by atoms with van der Waals surface area (Å²) >= 11 is 0. The Balaban J connectivity index is 2.16. The lowest BCUT2D eigenvalue weighted by molar-refractivity contribution is 0.0487.